The number of carbonyl (C=O) groups is 1. The summed E-state index contributed by atoms with van der Waals surface area (Å²) in [7, 11) is 1.62. The van der Waals surface area contributed by atoms with Crippen LogP contribution in [-0.4, -0.2) is 64.4 Å². The molecule has 8 heteroatoms. The van der Waals surface area contributed by atoms with Gasteiger partial charge in [0.2, 0.25) is 0 Å². The van der Waals surface area contributed by atoms with Gasteiger partial charge < -0.3 is 15.4 Å². The molecule has 6 rings (SSSR count). The molecule has 2 N–H and O–H groups in total. The van der Waals surface area contributed by atoms with Gasteiger partial charge in [-0.25, -0.2) is 4.98 Å². The number of anilines is 1. The summed E-state index contributed by atoms with van der Waals surface area (Å²) in [4.78, 5) is 20.1. The van der Waals surface area contributed by atoms with E-state index in [9.17, 15) is 4.79 Å². The van der Waals surface area contributed by atoms with Crippen molar-refractivity contribution in [3.05, 3.63) is 47.9 Å². The summed E-state index contributed by atoms with van der Waals surface area (Å²) < 4.78 is 7.78. The molecular formula is C33H46N6O2. The third kappa shape index (κ3) is 6.00. The molecule has 2 aromatic heterocycles. The van der Waals surface area contributed by atoms with Crippen LogP contribution in [0, 0.1) is 12.3 Å². The zero-order chi connectivity index (χ0) is 28.4. The van der Waals surface area contributed by atoms with Crippen LogP contribution in [-0.2, 0) is 0 Å². The smallest absolute Gasteiger partial charge is 0.274 e. The van der Waals surface area contributed by atoms with Crippen LogP contribution in [0.2, 0.25) is 0 Å². The van der Waals surface area contributed by atoms with Crippen LogP contribution >= 0.6 is 0 Å². The average Bonchev–Trinajstić information content (AvgIpc) is 3.42. The summed E-state index contributed by atoms with van der Waals surface area (Å²) >= 11 is 0. The molecule has 3 fully saturated rings. The molecule has 1 aliphatic heterocycles. The van der Waals surface area contributed by atoms with Crippen molar-refractivity contribution in [2.45, 2.75) is 96.2 Å². The van der Waals surface area contributed by atoms with E-state index in [1.807, 2.05) is 31.2 Å². The quantitative estimate of drug-likeness (QED) is 0.364. The van der Waals surface area contributed by atoms with E-state index in [1.165, 1.54) is 64.5 Å². The van der Waals surface area contributed by atoms with Crippen molar-refractivity contribution in [2.75, 3.05) is 32.1 Å². The SMILES string of the molecule is CCN(C1CCC2(CCNCC2)CC1)[C@H]1CC[C@H](n2cc3cc(NC(=O)c4cccc(C)n4)c(OC)cc3n2)CC1. The predicted octanol–water partition coefficient (Wildman–Crippen LogP) is 6.12. The molecule has 3 heterocycles. The number of amides is 1. The molecule has 3 aliphatic rings. The zero-order valence-electron chi connectivity index (χ0n) is 25.0. The van der Waals surface area contributed by atoms with Crippen LogP contribution in [0.5, 0.6) is 5.75 Å². The van der Waals surface area contributed by atoms with E-state index in [0.29, 0.717) is 34.6 Å². The monoisotopic (exact) mass is 558 g/mol. The summed E-state index contributed by atoms with van der Waals surface area (Å²) in [5.41, 5.74) is 3.35. The van der Waals surface area contributed by atoms with E-state index in [-0.39, 0.29) is 5.91 Å². The highest BCUT2D eigenvalue weighted by Crippen LogP contribution is 2.45. The first kappa shape index (κ1) is 28.2. The van der Waals surface area contributed by atoms with Crippen molar-refractivity contribution < 1.29 is 9.53 Å². The largest absolute Gasteiger partial charge is 0.494 e. The van der Waals surface area contributed by atoms with Crippen molar-refractivity contribution in [1.82, 2.24) is 25.0 Å². The summed E-state index contributed by atoms with van der Waals surface area (Å²) in [5, 5.41) is 12.5. The van der Waals surface area contributed by atoms with Gasteiger partial charge in [0.25, 0.3) is 5.91 Å². The van der Waals surface area contributed by atoms with Crippen molar-refractivity contribution >= 4 is 22.5 Å². The standard InChI is InChI=1S/C33H46N6O2/c1-4-38(26-12-14-33(15-13-26)16-18-34-19-17-33)25-8-10-27(11-9-25)39-22-24-20-30(31(41-3)21-29(24)37-39)36-32(40)28-7-5-6-23(2)35-28/h5-7,20-22,25-27,34H,4,8-19H2,1-3H3,(H,36,40)/t25-,27-. The Hall–Kier alpha value is -2.97. The second kappa shape index (κ2) is 12.1. The number of hydrogen-bond donors (Lipinski definition) is 2. The maximum Gasteiger partial charge on any atom is 0.274 e. The number of aryl methyl sites for hydroxylation is 1. The number of nitrogens with one attached hydrogen (secondary N) is 2. The van der Waals surface area contributed by atoms with Gasteiger partial charge >= 0.3 is 0 Å². The third-order valence-corrected chi connectivity index (χ3v) is 10.2. The summed E-state index contributed by atoms with van der Waals surface area (Å²) in [6.07, 6.45) is 15.2. The number of benzene rings is 1. The number of methoxy groups -OCH3 is 1. The van der Waals surface area contributed by atoms with E-state index < -0.39 is 0 Å². The van der Waals surface area contributed by atoms with Crippen LogP contribution in [0.4, 0.5) is 5.69 Å². The Kier molecular flexibility index (Phi) is 8.31. The van der Waals surface area contributed by atoms with Gasteiger partial charge in [0.15, 0.2) is 0 Å². The molecule has 0 bridgehead atoms. The summed E-state index contributed by atoms with van der Waals surface area (Å²) in [6.45, 7) is 7.82. The molecule has 1 amide bonds. The normalized spacial score (nSPS) is 23.2. The lowest BCUT2D eigenvalue weighted by Gasteiger charge is -2.48. The van der Waals surface area contributed by atoms with Crippen LogP contribution in [0.3, 0.4) is 0 Å². The molecule has 1 aromatic carbocycles. The lowest BCUT2D eigenvalue weighted by Crippen LogP contribution is -2.49. The maximum atomic E-state index is 12.9. The highest BCUT2D eigenvalue weighted by atomic mass is 16.5. The van der Waals surface area contributed by atoms with Gasteiger partial charge in [-0.3, -0.25) is 14.4 Å². The molecule has 41 heavy (non-hydrogen) atoms. The van der Waals surface area contributed by atoms with E-state index >= 15 is 0 Å². The molecule has 1 spiro atoms. The van der Waals surface area contributed by atoms with E-state index in [2.05, 4.69) is 38.3 Å². The minimum Gasteiger partial charge on any atom is -0.494 e. The Bertz CT molecular complexity index is 1350. The van der Waals surface area contributed by atoms with Gasteiger partial charge in [0, 0.05) is 35.4 Å². The van der Waals surface area contributed by atoms with Gasteiger partial charge in [-0.05, 0) is 114 Å². The van der Waals surface area contributed by atoms with Crippen LogP contribution in [0.1, 0.15) is 93.4 Å². The summed E-state index contributed by atoms with van der Waals surface area (Å²) in [6, 6.07) is 11.2. The first-order valence-corrected chi connectivity index (χ1v) is 15.8. The number of carbonyl (C=O) groups excluding carboxylic acids is 1. The molecule has 220 valence electrons. The van der Waals surface area contributed by atoms with Gasteiger partial charge in [-0.1, -0.05) is 13.0 Å². The van der Waals surface area contributed by atoms with Crippen molar-refractivity contribution in [3.63, 3.8) is 0 Å². The number of nitrogens with zero attached hydrogens (tertiary/aromatic N) is 4. The molecule has 2 saturated carbocycles. The fourth-order valence-corrected chi connectivity index (χ4v) is 7.85. The number of fused-ring (bicyclic) bond motifs is 1. The number of aromatic nitrogens is 3. The van der Waals surface area contributed by atoms with Crippen molar-refractivity contribution in [1.29, 1.82) is 0 Å². The summed E-state index contributed by atoms with van der Waals surface area (Å²) in [5.74, 6) is 0.353. The highest BCUT2D eigenvalue weighted by molar-refractivity contribution is 6.05. The molecule has 0 atom stereocenters. The molecular weight excluding hydrogens is 512 g/mol. The first-order valence-electron chi connectivity index (χ1n) is 15.8. The Morgan fingerprint density at radius 3 is 2.49 bits per heavy atom. The number of rotatable bonds is 7. The lowest BCUT2D eigenvalue weighted by molar-refractivity contribution is 0.0313. The molecule has 1 saturated heterocycles. The Balaban J connectivity index is 1.10. The van der Waals surface area contributed by atoms with E-state index in [1.54, 1.807) is 13.2 Å². The van der Waals surface area contributed by atoms with Gasteiger partial charge in [0.05, 0.1) is 24.4 Å². The van der Waals surface area contributed by atoms with Crippen molar-refractivity contribution in [2.24, 2.45) is 5.41 Å². The van der Waals surface area contributed by atoms with E-state index in [0.717, 1.165) is 42.0 Å². The first-order chi connectivity index (χ1) is 20.0. The predicted molar refractivity (Wildman–Crippen MR) is 164 cm³/mol. The molecule has 3 aromatic rings. The van der Waals surface area contributed by atoms with Crippen LogP contribution in [0.25, 0.3) is 10.9 Å². The second-order valence-corrected chi connectivity index (χ2v) is 12.6. The minimum absolute atomic E-state index is 0.249. The number of ether oxygens (including phenoxy) is 1. The van der Waals surface area contributed by atoms with Gasteiger partial charge in [-0.15, -0.1) is 0 Å². The molecule has 8 nitrogen and oxygen atoms in total. The van der Waals surface area contributed by atoms with Crippen LogP contribution in [0.15, 0.2) is 36.5 Å². The average molecular weight is 559 g/mol. The third-order valence-electron chi connectivity index (χ3n) is 10.2. The van der Waals surface area contributed by atoms with Crippen LogP contribution < -0.4 is 15.4 Å². The lowest BCUT2D eigenvalue weighted by atomic mass is 9.67. The fraction of sp³-hybridized carbons (Fsp3) is 0.606. The number of piperidine rings is 1. The second-order valence-electron chi connectivity index (χ2n) is 12.6. The fourth-order valence-electron chi connectivity index (χ4n) is 7.85. The Morgan fingerprint density at radius 1 is 1.07 bits per heavy atom. The van der Waals surface area contributed by atoms with Gasteiger partial charge in [-0.2, -0.15) is 5.10 Å². The zero-order valence-corrected chi connectivity index (χ0v) is 25.0. The Labute approximate surface area is 244 Å². The Morgan fingerprint density at radius 2 is 1.80 bits per heavy atom. The molecule has 2 aliphatic carbocycles. The minimum atomic E-state index is -0.249. The van der Waals surface area contributed by atoms with E-state index in [4.69, 9.17) is 9.84 Å². The number of hydrogen-bond acceptors (Lipinski definition) is 6. The van der Waals surface area contributed by atoms with Crippen molar-refractivity contribution in [3.8, 4) is 5.75 Å². The number of pyridine rings is 1. The molecule has 0 unspecified atom stereocenters. The maximum absolute atomic E-state index is 12.9. The molecule has 0 radical (unpaired) electrons. The van der Waals surface area contributed by atoms with Gasteiger partial charge in [0.1, 0.15) is 11.4 Å². The topological polar surface area (TPSA) is 84.3 Å². The highest BCUT2D eigenvalue weighted by Gasteiger charge is 2.39.